The van der Waals surface area contributed by atoms with Gasteiger partial charge in [0.15, 0.2) is 0 Å². The largest absolute Gasteiger partial charge is 0.389 e. The fourth-order valence-electron chi connectivity index (χ4n) is 1.77. The minimum Gasteiger partial charge on any atom is -0.389 e. The molecule has 13 heavy (non-hydrogen) atoms. The van der Waals surface area contributed by atoms with E-state index in [2.05, 4.69) is 17.1 Å². The highest BCUT2D eigenvalue weighted by Crippen LogP contribution is 2.19. The summed E-state index contributed by atoms with van der Waals surface area (Å²) >= 11 is 0. The zero-order chi connectivity index (χ0) is 9.73. The Morgan fingerprint density at radius 2 is 2.23 bits per heavy atom. The molecule has 3 heteroatoms. The molecule has 2 N–H and O–H groups in total. The Balaban J connectivity index is 2.04. The number of β-amino-alcohol motifs (C(OH)–C–C–N with tert-alkyl or cyclic N) is 1. The second kappa shape index (κ2) is 4.94. The molecule has 78 valence electrons. The van der Waals surface area contributed by atoms with Crippen LogP contribution in [0.4, 0.5) is 0 Å². The van der Waals surface area contributed by atoms with Gasteiger partial charge in [-0.05, 0) is 26.3 Å². The van der Waals surface area contributed by atoms with E-state index < -0.39 is 5.60 Å². The Bertz CT molecular complexity index is 148. The van der Waals surface area contributed by atoms with E-state index in [9.17, 15) is 5.11 Å². The summed E-state index contributed by atoms with van der Waals surface area (Å²) in [5, 5.41) is 13.1. The van der Waals surface area contributed by atoms with Crippen molar-refractivity contribution in [2.75, 3.05) is 32.7 Å². The van der Waals surface area contributed by atoms with E-state index in [-0.39, 0.29) is 0 Å². The molecule has 0 aromatic heterocycles. The fourth-order valence-corrected chi connectivity index (χ4v) is 1.77. The molecule has 1 heterocycles. The standard InChI is InChI=1S/C10H22N2O/c1-3-5-11-6-8-12-7-4-10(2,13)9-12/h11,13H,3-9H2,1-2H3. The molecule has 0 saturated carbocycles. The Hall–Kier alpha value is -0.120. The molecule has 1 rings (SSSR count). The molecule has 0 bridgehead atoms. The zero-order valence-electron chi connectivity index (χ0n) is 8.84. The molecular formula is C10H22N2O. The second-order valence-corrected chi connectivity index (χ2v) is 4.27. The van der Waals surface area contributed by atoms with Crippen LogP contribution in [0.5, 0.6) is 0 Å². The summed E-state index contributed by atoms with van der Waals surface area (Å²) in [4.78, 5) is 2.32. The van der Waals surface area contributed by atoms with Gasteiger partial charge in [0, 0.05) is 26.2 Å². The lowest BCUT2D eigenvalue weighted by Crippen LogP contribution is -2.34. The number of nitrogens with zero attached hydrogens (tertiary/aromatic N) is 1. The van der Waals surface area contributed by atoms with E-state index >= 15 is 0 Å². The maximum Gasteiger partial charge on any atom is 0.0758 e. The van der Waals surface area contributed by atoms with Gasteiger partial charge in [-0.3, -0.25) is 4.90 Å². The third kappa shape index (κ3) is 4.07. The molecule has 1 aliphatic heterocycles. The van der Waals surface area contributed by atoms with Crippen molar-refractivity contribution in [1.82, 2.24) is 10.2 Å². The van der Waals surface area contributed by atoms with Crippen LogP contribution in [0, 0.1) is 0 Å². The van der Waals surface area contributed by atoms with Crippen LogP contribution in [0.3, 0.4) is 0 Å². The smallest absolute Gasteiger partial charge is 0.0758 e. The highest BCUT2D eigenvalue weighted by molar-refractivity contribution is 4.85. The van der Waals surface area contributed by atoms with Crippen molar-refractivity contribution in [3.8, 4) is 0 Å². The molecule has 1 atom stereocenters. The van der Waals surface area contributed by atoms with Gasteiger partial charge in [-0.25, -0.2) is 0 Å². The predicted octanol–water partition coefficient (Wildman–Crippen LogP) is 0.443. The normalized spacial score (nSPS) is 29.8. The molecule has 0 spiro atoms. The van der Waals surface area contributed by atoms with E-state index in [4.69, 9.17) is 0 Å². The van der Waals surface area contributed by atoms with Crippen LogP contribution in [-0.2, 0) is 0 Å². The number of hydrogen-bond acceptors (Lipinski definition) is 3. The lowest BCUT2D eigenvalue weighted by molar-refractivity contribution is 0.0689. The van der Waals surface area contributed by atoms with Crippen molar-refractivity contribution in [2.24, 2.45) is 0 Å². The minimum absolute atomic E-state index is 0.440. The van der Waals surface area contributed by atoms with Crippen molar-refractivity contribution < 1.29 is 5.11 Å². The van der Waals surface area contributed by atoms with E-state index in [1.807, 2.05) is 6.92 Å². The molecule has 0 aliphatic carbocycles. The second-order valence-electron chi connectivity index (χ2n) is 4.27. The van der Waals surface area contributed by atoms with Crippen LogP contribution in [0.2, 0.25) is 0 Å². The van der Waals surface area contributed by atoms with Crippen molar-refractivity contribution in [3.05, 3.63) is 0 Å². The first kappa shape index (κ1) is 11.0. The highest BCUT2D eigenvalue weighted by Gasteiger charge is 2.30. The van der Waals surface area contributed by atoms with Crippen LogP contribution in [0.25, 0.3) is 0 Å². The van der Waals surface area contributed by atoms with Gasteiger partial charge in [0.25, 0.3) is 0 Å². The van der Waals surface area contributed by atoms with Gasteiger partial charge in [-0.1, -0.05) is 6.92 Å². The van der Waals surface area contributed by atoms with E-state index in [0.29, 0.717) is 0 Å². The molecule has 1 unspecified atom stereocenters. The van der Waals surface area contributed by atoms with Gasteiger partial charge in [0.2, 0.25) is 0 Å². The number of aliphatic hydroxyl groups is 1. The van der Waals surface area contributed by atoms with E-state index in [0.717, 1.165) is 39.1 Å². The lowest BCUT2D eigenvalue weighted by Gasteiger charge is -2.18. The average molecular weight is 186 g/mol. The molecule has 3 nitrogen and oxygen atoms in total. The quantitative estimate of drug-likeness (QED) is 0.612. The van der Waals surface area contributed by atoms with Crippen molar-refractivity contribution in [2.45, 2.75) is 32.3 Å². The number of rotatable bonds is 5. The third-order valence-corrected chi connectivity index (χ3v) is 2.56. The van der Waals surface area contributed by atoms with Crippen molar-refractivity contribution >= 4 is 0 Å². The molecular weight excluding hydrogens is 164 g/mol. The molecule has 0 radical (unpaired) electrons. The number of nitrogens with one attached hydrogen (secondary N) is 1. The summed E-state index contributed by atoms with van der Waals surface area (Å²) in [5.41, 5.74) is -0.440. The Kier molecular flexibility index (Phi) is 4.16. The van der Waals surface area contributed by atoms with E-state index in [1.165, 1.54) is 6.42 Å². The van der Waals surface area contributed by atoms with Gasteiger partial charge < -0.3 is 10.4 Å². The predicted molar refractivity (Wildman–Crippen MR) is 54.8 cm³/mol. The summed E-state index contributed by atoms with van der Waals surface area (Å²) in [7, 11) is 0. The molecule has 0 amide bonds. The first-order valence-electron chi connectivity index (χ1n) is 5.29. The molecule has 1 aliphatic rings. The first-order valence-corrected chi connectivity index (χ1v) is 5.29. The first-order chi connectivity index (χ1) is 6.14. The lowest BCUT2D eigenvalue weighted by atomic mass is 10.1. The Labute approximate surface area is 81.1 Å². The molecule has 0 aromatic rings. The third-order valence-electron chi connectivity index (χ3n) is 2.56. The summed E-state index contributed by atoms with van der Waals surface area (Å²) < 4.78 is 0. The Morgan fingerprint density at radius 1 is 1.46 bits per heavy atom. The SMILES string of the molecule is CCCNCCN1CCC(C)(O)C1. The summed E-state index contributed by atoms with van der Waals surface area (Å²) in [5.74, 6) is 0. The van der Waals surface area contributed by atoms with Gasteiger partial charge in [-0.15, -0.1) is 0 Å². The maximum absolute atomic E-state index is 9.71. The number of likely N-dealkylation sites (tertiary alicyclic amines) is 1. The highest BCUT2D eigenvalue weighted by atomic mass is 16.3. The van der Waals surface area contributed by atoms with E-state index in [1.54, 1.807) is 0 Å². The van der Waals surface area contributed by atoms with Crippen LogP contribution >= 0.6 is 0 Å². The number of hydrogen-bond donors (Lipinski definition) is 2. The average Bonchev–Trinajstić information content (AvgIpc) is 2.40. The van der Waals surface area contributed by atoms with Crippen LogP contribution in [0.1, 0.15) is 26.7 Å². The van der Waals surface area contributed by atoms with Crippen molar-refractivity contribution in [1.29, 1.82) is 0 Å². The van der Waals surface area contributed by atoms with Crippen LogP contribution < -0.4 is 5.32 Å². The van der Waals surface area contributed by atoms with Gasteiger partial charge in [-0.2, -0.15) is 0 Å². The van der Waals surface area contributed by atoms with Crippen LogP contribution in [-0.4, -0.2) is 48.3 Å². The van der Waals surface area contributed by atoms with Gasteiger partial charge in [0.1, 0.15) is 0 Å². The van der Waals surface area contributed by atoms with Crippen molar-refractivity contribution in [3.63, 3.8) is 0 Å². The molecule has 1 saturated heterocycles. The van der Waals surface area contributed by atoms with Gasteiger partial charge >= 0.3 is 0 Å². The minimum atomic E-state index is -0.440. The summed E-state index contributed by atoms with van der Waals surface area (Å²) in [6, 6.07) is 0. The fraction of sp³-hybridized carbons (Fsp3) is 1.00. The molecule has 0 aromatic carbocycles. The Morgan fingerprint density at radius 3 is 2.77 bits per heavy atom. The summed E-state index contributed by atoms with van der Waals surface area (Å²) in [6.45, 7) is 9.19. The molecule has 1 fully saturated rings. The van der Waals surface area contributed by atoms with Gasteiger partial charge in [0.05, 0.1) is 5.60 Å². The zero-order valence-corrected chi connectivity index (χ0v) is 8.84. The summed E-state index contributed by atoms with van der Waals surface area (Å²) in [6.07, 6.45) is 2.11. The van der Waals surface area contributed by atoms with Crippen LogP contribution in [0.15, 0.2) is 0 Å². The topological polar surface area (TPSA) is 35.5 Å². The monoisotopic (exact) mass is 186 g/mol. The maximum atomic E-state index is 9.71.